The molecule has 0 bridgehead atoms. The molecule has 0 aliphatic carbocycles. The fourth-order valence-corrected chi connectivity index (χ4v) is 1.49. The number of carbonyl (C=O) groups is 1. The Bertz CT molecular complexity index is 348. The van der Waals surface area contributed by atoms with Crippen molar-refractivity contribution in [2.45, 2.75) is 19.1 Å². The molecule has 4 nitrogen and oxygen atoms in total. The summed E-state index contributed by atoms with van der Waals surface area (Å²) in [6.45, 7) is 0. The number of rotatable bonds is 1. The van der Waals surface area contributed by atoms with Gasteiger partial charge in [-0.25, -0.2) is 4.79 Å². The zero-order valence-electron chi connectivity index (χ0n) is 7.47. The number of ether oxygens (including phenoxy) is 2. The first kappa shape index (κ1) is 8.87. The van der Waals surface area contributed by atoms with Gasteiger partial charge < -0.3 is 14.6 Å². The molecule has 0 fully saturated rings. The minimum Gasteiger partial charge on any atom is -0.454 e. The van der Waals surface area contributed by atoms with Crippen molar-refractivity contribution in [1.29, 1.82) is 0 Å². The highest BCUT2D eigenvalue weighted by Gasteiger charge is 2.21. The first-order valence-corrected chi connectivity index (χ1v) is 4.40. The summed E-state index contributed by atoms with van der Waals surface area (Å²) < 4.78 is 9.88. The Morgan fingerprint density at radius 3 is 3.07 bits per heavy atom. The van der Waals surface area contributed by atoms with Crippen LogP contribution in [-0.2, 0) is 11.2 Å². The second kappa shape index (κ2) is 3.57. The lowest BCUT2D eigenvalue weighted by molar-refractivity contribution is -0.0634. The Morgan fingerprint density at radius 2 is 2.29 bits per heavy atom. The van der Waals surface area contributed by atoms with Crippen LogP contribution in [0.25, 0.3) is 0 Å². The number of para-hydroxylation sites is 1. The van der Waals surface area contributed by atoms with Crippen LogP contribution >= 0.6 is 0 Å². The second-order valence-electron chi connectivity index (χ2n) is 3.08. The maximum absolute atomic E-state index is 10.3. The molecule has 14 heavy (non-hydrogen) atoms. The van der Waals surface area contributed by atoms with Crippen LogP contribution in [0.2, 0.25) is 0 Å². The highest BCUT2D eigenvalue weighted by Crippen LogP contribution is 2.27. The van der Waals surface area contributed by atoms with Crippen LogP contribution in [0.4, 0.5) is 4.79 Å². The van der Waals surface area contributed by atoms with Gasteiger partial charge in [0.15, 0.2) is 0 Å². The van der Waals surface area contributed by atoms with Crippen LogP contribution in [0.3, 0.4) is 0 Å². The molecule has 0 aromatic heterocycles. The van der Waals surface area contributed by atoms with E-state index < -0.39 is 12.4 Å². The van der Waals surface area contributed by atoms with Crippen molar-refractivity contribution in [1.82, 2.24) is 0 Å². The van der Waals surface area contributed by atoms with Gasteiger partial charge in [0.05, 0.1) is 0 Å². The maximum atomic E-state index is 10.3. The molecule has 1 heterocycles. The number of fused-ring (bicyclic) bond motifs is 1. The fraction of sp³-hybridized carbons (Fsp3) is 0.300. The van der Waals surface area contributed by atoms with E-state index in [1.54, 1.807) is 0 Å². The van der Waals surface area contributed by atoms with Crippen LogP contribution in [-0.4, -0.2) is 17.6 Å². The normalized spacial score (nSPS) is 19.3. The van der Waals surface area contributed by atoms with Gasteiger partial charge in [-0.15, -0.1) is 0 Å². The SMILES string of the molecule is O=C(O)OC1CCc2ccccc2O1. The zero-order chi connectivity index (χ0) is 9.97. The van der Waals surface area contributed by atoms with Gasteiger partial charge in [-0.1, -0.05) is 18.2 Å². The van der Waals surface area contributed by atoms with E-state index in [1.807, 2.05) is 24.3 Å². The molecule has 0 saturated carbocycles. The predicted molar refractivity (Wildman–Crippen MR) is 48.3 cm³/mol. The molecule has 1 aliphatic heterocycles. The third kappa shape index (κ3) is 1.79. The van der Waals surface area contributed by atoms with E-state index in [-0.39, 0.29) is 0 Å². The van der Waals surface area contributed by atoms with Gasteiger partial charge in [-0.05, 0) is 18.1 Å². The maximum Gasteiger partial charge on any atom is 0.508 e. The predicted octanol–water partition coefficient (Wildman–Crippen LogP) is 2.03. The van der Waals surface area contributed by atoms with Crippen LogP contribution in [0.1, 0.15) is 12.0 Å². The zero-order valence-corrected chi connectivity index (χ0v) is 7.47. The summed E-state index contributed by atoms with van der Waals surface area (Å²) in [4.78, 5) is 10.3. The molecular weight excluding hydrogens is 184 g/mol. The first-order chi connectivity index (χ1) is 6.75. The van der Waals surface area contributed by atoms with E-state index in [4.69, 9.17) is 9.84 Å². The van der Waals surface area contributed by atoms with Gasteiger partial charge in [-0.3, -0.25) is 0 Å². The quantitative estimate of drug-likeness (QED) is 0.695. The standard InChI is InChI=1S/C10H10O4/c11-10(12)14-9-6-5-7-3-1-2-4-8(7)13-9/h1-4,9H,5-6H2,(H,11,12). The lowest BCUT2D eigenvalue weighted by atomic mass is 10.1. The molecule has 0 radical (unpaired) electrons. The van der Waals surface area contributed by atoms with Crippen LogP contribution < -0.4 is 4.74 Å². The van der Waals surface area contributed by atoms with Crippen molar-refractivity contribution in [3.8, 4) is 5.75 Å². The lowest BCUT2D eigenvalue weighted by Crippen LogP contribution is -2.27. The number of benzene rings is 1. The number of hydrogen-bond acceptors (Lipinski definition) is 3. The third-order valence-corrected chi connectivity index (χ3v) is 2.11. The molecule has 0 spiro atoms. The van der Waals surface area contributed by atoms with E-state index in [9.17, 15) is 4.79 Å². The van der Waals surface area contributed by atoms with E-state index in [2.05, 4.69) is 4.74 Å². The van der Waals surface area contributed by atoms with Crippen LogP contribution in [0.15, 0.2) is 24.3 Å². The molecule has 2 rings (SSSR count). The van der Waals surface area contributed by atoms with E-state index in [1.165, 1.54) is 0 Å². The van der Waals surface area contributed by atoms with Gasteiger partial charge in [0, 0.05) is 6.42 Å². The van der Waals surface area contributed by atoms with Gasteiger partial charge in [0.2, 0.25) is 6.29 Å². The molecule has 1 aliphatic rings. The highest BCUT2D eigenvalue weighted by molar-refractivity contribution is 5.57. The summed E-state index contributed by atoms with van der Waals surface area (Å²) in [5, 5.41) is 8.41. The van der Waals surface area contributed by atoms with Gasteiger partial charge in [-0.2, -0.15) is 0 Å². The highest BCUT2D eigenvalue weighted by atomic mass is 16.8. The first-order valence-electron chi connectivity index (χ1n) is 4.40. The smallest absolute Gasteiger partial charge is 0.454 e. The largest absolute Gasteiger partial charge is 0.508 e. The molecule has 1 aromatic rings. The van der Waals surface area contributed by atoms with E-state index in [0.717, 1.165) is 12.0 Å². The molecule has 0 saturated heterocycles. The molecule has 1 N–H and O–H groups in total. The molecular formula is C10H10O4. The molecule has 74 valence electrons. The molecule has 1 atom stereocenters. The Morgan fingerprint density at radius 1 is 1.50 bits per heavy atom. The van der Waals surface area contributed by atoms with Crippen molar-refractivity contribution >= 4 is 6.16 Å². The van der Waals surface area contributed by atoms with Crippen molar-refractivity contribution < 1.29 is 19.4 Å². The van der Waals surface area contributed by atoms with Crippen molar-refractivity contribution in [3.05, 3.63) is 29.8 Å². The minimum atomic E-state index is -1.30. The number of carboxylic acid groups (broad SMARTS) is 1. The molecule has 0 amide bonds. The number of aryl methyl sites for hydroxylation is 1. The Labute approximate surface area is 81.1 Å². The minimum absolute atomic E-state index is 0.573. The molecule has 4 heteroatoms. The molecule has 1 aromatic carbocycles. The summed E-state index contributed by atoms with van der Waals surface area (Å²) in [6, 6.07) is 7.56. The van der Waals surface area contributed by atoms with Crippen molar-refractivity contribution in [2.75, 3.05) is 0 Å². The van der Waals surface area contributed by atoms with Gasteiger partial charge in [0.25, 0.3) is 0 Å². The average molecular weight is 194 g/mol. The monoisotopic (exact) mass is 194 g/mol. The third-order valence-electron chi connectivity index (χ3n) is 2.11. The van der Waals surface area contributed by atoms with Crippen molar-refractivity contribution in [3.63, 3.8) is 0 Å². The van der Waals surface area contributed by atoms with Crippen molar-refractivity contribution in [2.24, 2.45) is 0 Å². The average Bonchev–Trinajstić information content (AvgIpc) is 2.17. The fourth-order valence-electron chi connectivity index (χ4n) is 1.49. The van der Waals surface area contributed by atoms with E-state index in [0.29, 0.717) is 12.2 Å². The molecule has 1 unspecified atom stereocenters. The van der Waals surface area contributed by atoms with Gasteiger partial charge in [0.1, 0.15) is 5.75 Å². The Balaban J connectivity index is 2.09. The summed E-state index contributed by atoms with van der Waals surface area (Å²) in [5.74, 6) is 0.713. The van der Waals surface area contributed by atoms with Crippen LogP contribution in [0, 0.1) is 0 Å². The topological polar surface area (TPSA) is 55.8 Å². The Kier molecular flexibility index (Phi) is 2.26. The summed E-state index contributed by atoms with van der Waals surface area (Å²) in [5.41, 5.74) is 1.10. The Hall–Kier alpha value is -1.71. The summed E-state index contributed by atoms with van der Waals surface area (Å²) in [6.07, 6.45) is -0.603. The summed E-state index contributed by atoms with van der Waals surface area (Å²) >= 11 is 0. The van der Waals surface area contributed by atoms with E-state index >= 15 is 0 Å². The lowest BCUT2D eigenvalue weighted by Gasteiger charge is -2.24. The second-order valence-corrected chi connectivity index (χ2v) is 3.08. The summed E-state index contributed by atoms with van der Waals surface area (Å²) in [7, 11) is 0. The number of hydrogen-bond donors (Lipinski definition) is 1. The van der Waals surface area contributed by atoms with Gasteiger partial charge >= 0.3 is 6.16 Å². The van der Waals surface area contributed by atoms with Crippen LogP contribution in [0.5, 0.6) is 5.75 Å².